The normalized spacial score (nSPS) is 11.5. The minimum Gasteiger partial charge on any atom is -0.344 e. The molecule has 1 aromatic carbocycles. The largest absolute Gasteiger partial charge is 0.349 e. The summed E-state index contributed by atoms with van der Waals surface area (Å²) in [6.07, 6.45) is 3.05. The molecule has 86 valence electrons. The number of benzene rings is 1. The maximum atomic E-state index is 11.0. The van der Waals surface area contributed by atoms with Gasteiger partial charge in [-0.05, 0) is 30.2 Å². The number of hydrogen-bond acceptors (Lipinski definition) is 3. The summed E-state index contributed by atoms with van der Waals surface area (Å²) in [5, 5.41) is 1.02. The first-order chi connectivity index (χ1) is 8.20. The van der Waals surface area contributed by atoms with E-state index in [0.29, 0.717) is 0 Å². The quantitative estimate of drug-likeness (QED) is 0.764. The van der Waals surface area contributed by atoms with Gasteiger partial charge in [-0.2, -0.15) is 0 Å². The van der Waals surface area contributed by atoms with Crippen molar-refractivity contribution in [3.8, 4) is 0 Å². The lowest BCUT2D eigenvalue weighted by molar-refractivity contribution is -0.128. The van der Waals surface area contributed by atoms with Gasteiger partial charge in [0, 0.05) is 17.7 Å². The maximum absolute atomic E-state index is 11.0. The van der Waals surface area contributed by atoms with Gasteiger partial charge in [-0.15, -0.1) is 0 Å². The lowest BCUT2D eigenvalue weighted by atomic mass is 10.1. The number of hydrogen-bond donors (Lipinski definition) is 0. The third-order valence-corrected chi connectivity index (χ3v) is 2.61. The van der Waals surface area contributed by atoms with Gasteiger partial charge >= 0.3 is 5.97 Å². The van der Waals surface area contributed by atoms with Crippen LogP contribution in [0.3, 0.4) is 0 Å². The highest BCUT2D eigenvalue weighted by Gasteiger charge is 2.02. The monoisotopic (exact) mass is 247 g/mol. The van der Waals surface area contributed by atoms with E-state index in [1.165, 1.54) is 6.08 Å². The van der Waals surface area contributed by atoms with E-state index < -0.39 is 5.97 Å². The summed E-state index contributed by atoms with van der Waals surface area (Å²) < 4.78 is 4.07. The first kappa shape index (κ1) is 11.6. The number of carbonyl (C=O) groups is 1. The molecule has 4 heteroatoms. The number of pyridine rings is 1. The van der Waals surface area contributed by atoms with Crippen LogP contribution in [0.25, 0.3) is 16.5 Å². The molecule has 0 saturated heterocycles. The van der Waals surface area contributed by atoms with Crippen molar-refractivity contribution in [2.45, 2.75) is 6.92 Å². The number of allylic oxidation sites excluding steroid dienone is 1. The molecule has 3 nitrogen and oxygen atoms in total. The van der Waals surface area contributed by atoms with Crippen molar-refractivity contribution >= 4 is 34.3 Å². The minimum atomic E-state index is -0.586. The van der Waals surface area contributed by atoms with Crippen LogP contribution in [0.4, 0.5) is 0 Å². The van der Waals surface area contributed by atoms with Crippen molar-refractivity contribution in [3.05, 3.63) is 48.2 Å². The zero-order chi connectivity index (χ0) is 12.3. The summed E-state index contributed by atoms with van der Waals surface area (Å²) in [5.41, 5.74) is 2.55. The van der Waals surface area contributed by atoms with Crippen LogP contribution in [0.15, 0.2) is 42.6 Å². The molecular formula is C13H10ClNO2. The van der Waals surface area contributed by atoms with Gasteiger partial charge in [0.1, 0.15) is 11.9 Å². The van der Waals surface area contributed by atoms with Gasteiger partial charge in [0.05, 0.1) is 5.52 Å². The first-order valence-corrected chi connectivity index (χ1v) is 5.37. The predicted octanol–water partition coefficient (Wildman–Crippen LogP) is 3.34. The number of rotatable bonds is 2. The zero-order valence-electron chi connectivity index (χ0n) is 9.18. The van der Waals surface area contributed by atoms with Crippen molar-refractivity contribution in [3.63, 3.8) is 0 Å². The fourth-order valence-corrected chi connectivity index (χ4v) is 1.61. The molecule has 2 rings (SSSR count). The highest BCUT2D eigenvalue weighted by molar-refractivity contribution is 6.15. The van der Waals surface area contributed by atoms with Gasteiger partial charge in [-0.3, -0.25) is 4.98 Å². The fraction of sp³-hybridized carbons (Fsp3) is 0.0769. The molecule has 0 unspecified atom stereocenters. The van der Waals surface area contributed by atoms with Crippen molar-refractivity contribution in [2.24, 2.45) is 0 Å². The molecule has 0 aliphatic rings. The Morgan fingerprint density at radius 1 is 1.41 bits per heavy atom. The maximum Gasteiger partial charge on any atom is 0.349 e. The van der Waals surface area contributed by atoms with Crippen LogP contribution in [-0.2, 0) is 9.08 Å². The summed E-state index contributed by atoms with van der Waals surface area (Å²) in [4.78, 5) is 15.3. The summed E-state index contributed by atoms with van der Waals surface area (Å²) in [7, 11) is 0. The van der Waals surface area contributed by atoms with E-state index in [0.717, 1.165) is 22.0 Å². The molecule has 17 heavy (non-hydrogen) atoms. The fourth-order valence-electron chi connectivity index (χ4n) is 1.57. The molecule has 0 amide bonds. The second kappa shape index (κ2) is 4.97. The van der Waals surface area contributed by atoms with E-state index in [1.54, 1.807) is 13.1 Å². The van der Waals surface area contributed by atoms with Gasteiger partial charge in [0.2, 0.25) is 0 Å². The third kappa shape index (κ3) is 2.63. The van der Waals surface area contributed by atoms with Crippen LogP contribution in [0, 0.1) is 0 Å². The lowest BCUT2D eigenvalue weighted by Gasteiger charge is -2.02. The Bertz CT molecular complexity index is 593. The molecule has 1 aromatic heterocycles. The van der Waals surface area contributed by atoms with Crippen LogP contribution in [0.2, 0.25) is 0 Å². The van der Waals surface area contributed by atoms with E-state index in [2.05, 4.69) is 9.27 Å². The third-order valence-electron chi connectivity index (χ3n) is 2.46. The Balaban J connectivity index is 2.43. The van der Waals surface area contributed by atoms with Crippen LogP contribution >= 0.6 is 11.9 Å². The smallest absolute Gasteiger partial charge is 0.344 e. The second-order valence-electron chi connectivity index (χ2n) is 3.64. The van der Waals surface area contributed by atoms with E-state index in [-0.39, 0.29) is 0 Å². The van der Waals surface area contributed by atoms with Crippen molar-refractivity contribution < 1.29 is 9.08 Å². The number of carbonyl (C=O) groups excluding carboxylic acids is 1. The molecular weight excluding hydrogens is 238 g/mol. The van der Waals surface area contributed by atoms with Crippen LogP contribution < -0.4 is 0 Å². The Hall–Kier alpha value is -1.87. The highest BCUT2D eigenvalue weighted by atomic mass is 35.5. The number of aromatic nitrogens is 1. The lowest BCUT2D eigenvalue weighted by Crippen LogP contribution is -1.93. The highest BCUT2D eigenvalue weighted by Crippen LogP contribution is 2.18. The van der Waals surface area contributed by atoms with Gasteiger partial charge in [0.15, 0.2) is 0 Å². The number of halogens is 1. The molecule has 0 saturated carbocycles. The average Bonchev–Trinajstić information content (AvgIpc) is 2.38. The van der Waals surface area contributed by atoms with Crippen molar-refractivity contribution in [2.75, 3.05) is 0 Å². The SMILES string of the molecule is C/C(=C\C(=O)OCl)c1cnc2ccccc2c1. The van der Waals surface area contributed by atoms with Gasteiger partial charge in [-0.1, -0.05) is 18.2 Å². The summed E-state index contributed by atoms with van der Waals surface area (Å²) >= 11 is 4.97. The van der Waals surface area contributed by atoms with Crippen LogP contribution in [-0.4, -0.2) is 11.0 Å². The number of fused-ring (bicyclic) bond motifs is 1. The van der Waals surface area contributed by atoms with Gasteiger partial charge in [-0.25, -0.2) is 4.79 Å². The van der Waals surface area contributed by atoms with Crippen molar-refractivity contribution in [1.82, 2.24) is 4.98 Å². The van der Waals surface area contributed by atoms with E-state index in [9.17, 15) is 4.79 Å². The Morgan fingerprint density at radius 2 is 2.18 bits per heavy atom. The minimum absolute atomic E-state index is 0.586. The predicted molar refractivity (Wildman–Crippen MR) is 67.3 cm³/mol. The molecule has 0 fully saturated rings. The topological polar surface area (TPSA) is 39.2 Å². The number of para-hydroxylation sites is 1. The van der Waals surface area contributed by atoms with E-state index in [1.807, 2.05) is 30.3 Å². The molecule has 0 N–H and O–H groups in total. The molecule has 0 bridgehead atoms. The standard InChI is InChI=1S/C13H10ClNO2/c1-9(6-13(16)17-14)11-7-10-4-2-3-5-12(10)15-8-11/h2-8H,1H3/b9-6+. The molecule has 0 radical (unpaired) electrons. The van der Waals surface area contributed by atoms with E-state index in [4.69, 9.17) is 11.9 Å². The molecule has 0 aliphatic carbocycles. The van der Waals surface area contributed by atoms with Gasteiger partial charge in [0.25, 0.3) is 0 Å². The van der Waals surface area contributed by atoms with Crippen LogP contribution in [0.1, 0.15) is 12.5 Å². The summed E-state index contributed by atoms with van der Waals surface area (Å²) in [6, 6.07) is 9.75. The average molecular weight is 248 g/mol. The number of nitrogens with zero attached hydrogens (tertiary/aromatic N) is 1. The summed E-state index contributed by atoms with van der Waals surface area (Å²) in [6.45, 7) is 1.81. The first-order valence-electron chi connectivity index (χ1n) is 5.07. The van der Waals surface area contributed by atoms with Crippen molar-refractivity contribution in [1.29, 1.82) is 0 Å². The van der Waals surface area contributed by atoms with Gasteiger partial charge < -0.3 is 4.29 Å². The Kier molecular flexibility index (Phi) is 3.40. The molecule has 1 heterocycles. The van der Waals surface area contributed by atoms with E-state index >= 15 is 0 Å². The second-order valence-corrected chi connectivity index (χ2v) is 3.79. The van der Waals surface area contributed by atoms with Crippen LogP contribution in [0.5, 0.6) is 0 Å². The Morgan fingerprint density at radius 3 is 2.94 bits per heavy atom. The molecule has 0 aliphatic heterocycles. The molecule has 0 atom stereocenters. The molecule has 2 aromatic rings. The molecule has 0 spiro atoms. The summed E-state index contributed by atoms with van der Waals surface area (Å²) in [5.74, 6) is -0.586. The zero-order valence-corrected chi connectivity index (χ0v) is 9.94. The Labute approximate surface area is 104 Å².